The van der Waals surface area contributed by atoms with Crippen molar-refractivity contribution in [2.45, 2.75) is 44.6 Å². The fourth-order valence-corrected chi connectivity index (χ4v) is 4.53. The van der Waals surface area contributed by atoms with E-state index in [4.69, 9.17) is 5.26 Å². The number of benzene rings is 2. The van der Waals surface area contributed by atoms with Gasteiger partial charge in [0.1, 0.15) is 5.82 Å². The molecule has 1 atom stereocenters. The molecule has 1 saturated carbocycles. The van der Waals surface area contributed by atoms with E-state index in [0.29, 0.717) is 23.0 Å². The van der Waals surface area contributed by atoms with Crippen molar-refractivity contribution in [2.75, 3.05) is 0 Å². The lowest BCUT2D eigenvalue weighted by Gasteiger charge is -2.33. The molecule has 0 unspecified atom stereocenters. The minimum Gasteiger partial charge on any atom is -0.349 e. The number of hydrogen-bond donors (Lipinski definition) is 1. The SMILES string of the molecule is C[C@@H](NC(=O)c1ccc(C#N)cc1)[C@H]1CC[C@@H](c2ccnc3ccc(F)cc32)CC1. The van der Waals surface area contributed by atoms with Gasteiger partial charge in [0.25, 0.3) is 5.91 Å². The van der Waals surface area contributed by atoms with Crippen LogP contribution in [0.4, 0.5) is 4.39 Å². The third-order valence-electron chi connectivity index (χ3n) is 6.29. The van der Waals surface area contributed by atoms with E-state index in [1.807, 2.05) is 12.3 Å². The lowest BCUT2D eigenvalue weighted by Crippen LogP contribution is -2.39. The first-order chi connectivity index (χ1) is 14.5. The third kappa shape index (κ3) is 4.18. The molecule has 4 nitrogen and oxygen atoms in total. The maximum Gasteiger partial charge on any atom is 0.251 e. The van der Waals surface area contributed by atoms with Crippen LogP contribution in [0.3, 0.4) is 0 Å². The molecule has 1 aromatic heterocycles. The predicted molar refractivity (Wildman–Crippen MR) is 114 cm³/mol. The van der Waals surface area contributed by atoms with Crippen LogP contribution in [-0.2, 0) is 0 Å². The Morgan fingerprint density at radius 2 is 1.87 bits per heavy atom. The van der Waals surface area contributed by atoms with E-state index < -0.39 is 0 Å². The zero-order valence-corrected chi connectivity index (χ0v) is 16.9. The third-order valence-corrected chi connectivity index (χ3v) is 6.29. The average molecular weight is 401 g/mol. The van der Waals surface area contributed by atoms with Gasteiger partial charge < -0.3 is 5.32 Å². The van der Waals surface area contributed by atoms with Gasteiger partial charge in [0.15, 0.2) is 0 Å². The van der Waals surface area contributed by atoms with Crippen LogP contribution in [-0.4, -0.2) is 16.9 Å². The number of carbonyl (C=O) groups is 1. The van der Waals surface area contributed by atoms with Gasteiger partial charge in [0, 0.05) is 23.2 Å². The van der Waals surface area contributed by atoms with Crippen molar-refractivity contribution in [3.63, 3.8) is 0 Å². The van der Waals surface area contributed by atoms with E-state index in [1.54, 1.807) is 36.4 Å². The molecule has 152 valence electrons. The van der Waals surface area contributed by atoms with Crippen molar-refractivity contribution in [1.82, 2.24) is 10.3 Å². The molecule has 1 aliphatic carbocycles. The molecule has 1 amide bonds. The van der Waals surface area contributed by atoms with E-state index in [-0.39, 0.29) is 17.8 Å². The first-order valence-corrected chi connectivity index (χ1v) is 10.4. The van der Waals surface area contributed by atoms with E-state index in [1.165, 1.54) is 11.6 Å². The van der Waals surface area contributed by atoms with Gasteiger partial charge in [-0.15, -0.1) is 0 Å². The number of aromatic nitrogens is 1. The topological polar surface area (TPSA) is 65.8 Å². The van der Waals surface area contributed by atoms with E-state index in [0.717, 1.165) is 36.6 Å². The second-order valence-electron chi connectivity index (χ2n) is 8.12. The minimum absolute atomic E-state index is 0.0701. The first kappa shape index (κ1) is 20.0. The smallest absolute Gasteiger partial charge is 0.251 e. The summed E-state index contributed by atoms with van der Waals surface area (Å²) in [5, 5.41) is 12.9. The highest BCUT2D eigenvalue weighted by molar-refractivity contribution is 5.94. The fraction of sp³-hybridized carbons (Fsp3) is 0.320. The summed E-state index contributed by atoms with van der Waals surface area (Å²) in [4.78, 5) is 16.9. The van der Waals surface area contributed by atoms with Gasteiger partial charge in [-0.05, 0) is 98.5 Å². The molecular weight excluding hydrogens is 377 g/mol. The molecule has 0 radical (unpaired) electrons. The molecular formula is C25H24FN3O. The number of carbonyl (C=O) groups excluding carboxylic acids is 1. The molecule has 1 heterocycles. The molecule has 30 heavy (non-hydrogen) atoms. The van der Waals surface area contributed by atoms with Crippen LogP contribution in [0.15, 0.2) is 54.7 Å². The number of rotatable bonds is 4. The summed E-state index contributed by atoms with van der Waals surface area (Å²) in [5.41, 5.74) is 3.12. The second-order valence-corrected chi connectivity index (χ2v) is 8.12. The number of nitrogens with zero attached hydrogens (tertiary/aromatic N) is 2. The Balaban J connectivity index is 1.39. The van der Waals surface area contributed by atoms with Crippen LogP contribution >= 0.6 is 0 Å². The molecule has 4 rings (SSSR count). The molecule has 1 aliphatic rings. The van der Waals surface area contributed by atoms with E-state index in [2.05, 4.69) is 23.3 Å². The molecule has 0 bridgehead atoms. The fourth-order valence-electron chi connectivity index (χ4n) is 4.53. The molecule has 1 N–H and O–H groups in total. The Kier molecular flexibility index (Phi) is 5.76. The Labute approximate surface area is 175 Å². The van der Waals surface area contributed by atoms with Crippen molar-refractivity contribution < 1.29 is 9.18 Å². The summed E-state index contributed by atoms with van der Waals surface area (Å²) in [5.74, 6) is 0.456. The molecule has 1 fully saturated rings. The van der Waals surface area contributed by atoms with Crippen LogP contribution in [0.1, 0.15) is 60.0 Å². The van der Waals surface area contributed by atoms with Gasteiger partial charge >= 0.3 is 0 Å². The van der Waals surface area contributed by atoms with Crippen molar-refractivity contribution >= 4 is 16.8 Å². The lowest BCUT2D eigenvalue weighted by atomic mass is 9.75. The van der Waals surface area contributed by atoms with Crippen molar-refractivity contribution in [3.05, 3.63) is 77.2 Å². The normalized spacial score (nSPS) is 19.8. The number of pyridine rings is 1. The lowest BCUT2D eigenvalue weighted by molar-refractivity contribution is 0.0918. The van der Waals surface area contributed by atoms with Crippen LogP contribution in [0.25, 0.3) is 10.9 Å². The highest BCUT2D eigenvalue weighted by Gasteiger charge is 2.28. The first-order valence-electron chi connectivity index (χ1n) is 10.4. The Hall–Kier alpha value is -3.26. The summed E-state index contributed by atoms with van der Waals surface area (Å²) in [6, 6.07) is 15.6. The molecule has 0 aliphatic heterocycles. The van der Waals surface area contributed by atoms with Crippen LogP contribution in [0.2, 0.25) is 0 Å². The van der Waals surface area contributed by atoms with Gasteiger partial charge in [-0.25, -0.2) is 4.39 Å². The highest BCUT2D eigenvalue weighted by Crippen LogP contribution is 2.39. The molecule has 0 saturated heterocycles. The van der Waals surface area contributed by atoms with Gasteiger partial charge in [-0.3, -0.25) is 9.78 Å². The summed E-state index contributed by atoms with van der Waals surface area (Å²) in [7, 11) is 0. The summed E-state index contributed by atoms with van der Waals surface area (Å²) >= 11 is 0. The Morgan fingerprint density at radius 1 is 1.13 bits per heavy atom. The summed E-state index contributed by atoms with van der Waals surface area (Å²) < 4.78 is 13.8. The van der Waals surface area contributed by atoms with Crippen molar-refractivity contribution in [1.29, 1.82) is 5.26 Å². The highest BCUT2D eigenvalue weighted by atomic mass is 19.1. The summed E-state index contributed by atoms with van der Waals surface area (Å²) in [6.07, 6.45) is 5.86. The maximum absolute atomic E-state index is 13.8. The molecule has 2 aromatic carbocycles. The maximum atomic E-state index is 13.8. The standard InChI is InChI=1S/C25H24FN3O/c1-16(29-25(30)20-4-2-17(15-27)3-5-20)18-6-8-19(9-7-18)22-12-13-28-24-11-10-21(26)14-23(22)24/h2-5,10-14,16,18-19H,6-9H2,1H3,(H,29,30)/t16-,18-,19+/m1/s1. The van der Waals surface area contributed by atoms with Crippen molar-refractivity contribution in [2.24, 2.45) is 5.92 Å². The van der Waals surface area contributed by atoms with Gasteiger partial charge in [0.05, 0.1) is 17.1 Å². The Morgan fingerprint density at radius 3 is 2.57 bits per heavy atom. The predicted octanol–water partition coefficient (Wildman–Crippen LogP) is 5.34. The molecule has 5 heteroatoms. The largest absolute Gasteiger partial charge is 0.349 e. The van der Waals surface area contributed by atoms with Crippen molar-refractivity contribution in [3.8, 4) is 6.07 Å². The monoisotopic (exact) mass is 401 g/mol. The number of nitriles is 1. The van der Waals surface area contributed by atoms with Crippen LogP contribution in [0, 0.1) is 23.1 Å². The van der Waals surface area contributed by atoms with Crippen LogP contribution < -0.4 is 5.32 Å². The number of fused-ring (bicyclic) bond motifs is 1. The number of halogens is 1. The number of nitrogens with one attached hydrogen (secondary N) is 1. The van der Waals surface area contributed by atoms with E-state index >= 15 is 0 Å². The Bertz CT molecular complexity index is 1100. The van der Waals surface area contributed by atoms with Gasteiger partial charge in [-0.2, -0.15) is 5.26 Å². The molecule has 0 spiro atoms. The number of hydrogen-bond acceptors (Lipinski definition) is 3. The van der Waals surface area contributed by atoms with Crippen LogP contribution in [0.5, 0.6) is 0 Å². The zero-order chi connectivity index (χ0) is 21.1. The summed E-state index contributed by atoms with van der Waals surface area (Å²) in [6.45, 7) is 2.06. The minimum atomic E-state index is -0.232. The zero-order valence-electron chi connectivity index (χ0n) is 16.9. The van der Waals surface area contributed by atoms with Gasteiger partial charge in [-0.1, -0.05) is 0 Å². The molecule has 3 aromatic rings. The quantitative estimate of drug-likeness (QED) is 0.642. The second kappa shape index (κ2) is 8.62. The number of amides is 1. The average Bonchev–Trinajstić information content (AvgIpc) is 2.78. The van der Waals surface area contributed by atoms with E-state index in [9.17, 15) is 9.18 Å². The van der Waals surface area contributed by atoms with Gasteiger partial charge in [0.2, 0.25) is 0 Å².